The number of pyridine rings is 1. The van der Waals surface area contributed by atoms with E-state index < -0.39 is 0 Å². The van der Waals surface area contributed by atoms with Crippen LogP contribution in [0.3, 0.4) is 0 Å². The van der Waals surface area contributed by atoms with Crippen molar-refractivity contribution in [2.45, 2.75) is 38.0 Å². The van der Waals surface area contributed by atoms with Gasteiger partial charge in [0.25, 0.3) is 5.56 Å². The average Bonchev–Trinajstić information content (AvgIpc) is 3.16. The van der Waals surface area contributed by atoms with Crippen LogP contribution in [0.4, 0.5) is 5.82 Å². The third kappa shape index (κ3) is 3.38. The summed E-state index contributed by atoms with van der Waals surface area (Å²) in [6.07, 6.45) is 7.87. The molecule has 3 aromatic heterocycles. The number of nitrogens with two attached hydrogens (primary N) is 1. The van der Waals surface area contributed by atoms with Crippen molar-refractivity contribution in [3.05, 3.63) is 41.2 Å². The topological polar surface area (TPSA) is 110 Å². The normalized spacial score (nSPS) is 22.6. The van der Waals surface area contributed by atoms with Crippen LogP contribution in [-0.4, -0.2) is 50.7 Å². The van der Waals surface area contributed by atoms with Crippen LogP contribution in [0.15, 0.2) is 35.6 Å². The van der Waals surface area contributed by atoms with Gasteiger partial charge in [-0.2, -0.15) is 0 Å². The molecule has 0 amide bonds. The molecule has 0 aromatic carbocycles. The first-order chi connectivity index (χ1) is 13.6. The summed E-state index contributed by atoms with van der Waals surface area (Å²) < 4.78 is 14.3. The van der Waals surface area contributed by atoms with Gasteiger partial charge in [0.15, 0.2) is 5.82 Å². The minimum Gasteiger partial charge on any atom is -0.382 e. The van der Waals surface area contributed by atoms with Gasteiger partial charge in [-0.25, -0.2) is 14.6 Å². The van der Waals surface area contributed by atoms with Gasteiger partial charge in [0.1, 0.15) is 11.3 Å². The Kier molecular flexibility index (Phi) is 5.10. The first-order valence-corrected chi connectivity index (χ1v) is 9.32. The molecule has 0 aliphatic heterocycles. The van der Waals surface area contributed by atoms with Crippen LogP contribution in [0, 0.1) is 5.92 Å². The number of hydrogen-bond acceptors (Lipinski definition) is 7. The maximum absolute atomic E-state index is 13.1. The van der Waals surface area contributed by atoms with Crippen LogP contribution in [0.2, 0.25) is 0 Å². The molecule has 1 aliphatic carbocycles. The predicted octanol–water partition coefficient (Wildman–Crippen LogP) is 1.39. The molecule has 1 saturated carbocycles. The molecule has 28 heavy (non-hydrogen) atoms. The first-order valence-electron chi connectivity index (χ1n) is 9.32. The number of fused-ring (bicyclic) bond motifs is 1. The second-order valence-electron chi connectivity index (χ2n) is 7.12. The van der Waals surface area contributed by atoms with Crippen molar-refractivity contribution in [3.8, 4) is 5.82 Å². The summed E-state index contributed by atoms with van der Waals surface area (Å²) in [6.45, 7) is 0.559. The van der Waals surface area contributed by atoms with Gasteiger partial charge in [-0.1, -0.05) is 0 Å². The molecule has 0 spiro atoms. The van der Waals surface area contributed by atoms with Crippen molar-refractivity contribution in [1.29, 1.82) is 0 Å². The fraction of sp³-hybridized carbons (Fsp3) is 0.474. The molecule has 1 fully saturated rings. The molecule has 9 nitrogen and oxygen atoms in total. The van der Waals surface area contributed by atoms with Crippen molar-refractivity contribution < 1.29 is 9.47 Å². The van der Waals surface area contributed by atoms with Crippen molar-refractivity contribution in [2.75, 3.05) is 20.0 Å². The molecule has 1 aliphatic rings. The van der Waals surface area contributed by atoms with Crippen LogP contribution < -0.4 is 11.3 Å². The molecule has 3 heterocycles. The van der Waals surface area contributed by atoms with Gasteiger partial charge < -0.3 is 15.2 Å². The number of aromatic nitrogens is 5. The lowest BCUT2D eigenvalue weighted by atomic mass is 9.84. The van der Waals surface area contributed by atoms with E-state index in [4.69, 9.17) is 15.2 Å². The van der Waals surface area contributed by atoms with E-state index in [1.807, 2.05) is 0 Å². The van der Waals surface area contributed by atoms with Crippen LogP contribution in [-0.2, 0) is 16.0 Å². The van der Waals surface area contributed by atoms with Gasteiger partial charge in [-0.15, -0.1) is 5.10 Å². The highest BCUT2D eigenvalue weighted by Crippen LogP contribution is 2.29. The fourth-order valence-corrected chi connectivity index (χ4v) is 3.95. The standard InChI is InChI=1S/C19H24N6O3/c1-27-13-4-3-12(15(9-13)28-2)10-24-11-22-17-14(19(24)26)5-7-21-18(17)25-8-6-16(20)23-25/h5-8,11-13,15H,3-4,9-10H2,1-2H3,(H2,20,23). The minimum atomic E-state index is -0.0995. The molecule has 9 heteroatoms. The summed E-state index contributed by atoms with van der Waals surface area (Å²) in [4.78, 5) is 21.9. The molecule has 148 valence electrons. The molecular formula is C19H24N6O3. The second-order valence-corrected chi connectivity index (χ2v) is 7.12. The minimum absolute atomic E-state index is 0.0568. The van der Waals surface area contributed by atoms with Crippen LogP contribution in [0.25, 0.3) is 16.7 Å². The van der Waals surface area contributed by atoms with E-state index in [1.165, 1.54) is 4.68 Å². The third-order valence-corrected chi connectivity index (χ3v) is 5.50. The molecule has 3 atom stereocenters. The Hall–Kier alpha value is -2.78. The maximum Gasteiger partial charge on any atom is 0.261 e. The highest BCUT2D eigenvalue weighted by atomic mass is 16.5. The largest absolute Gasteiger partial charge is 0.382 e. The van der Waals surface area contributed by atoms with Crippen LogP contribution >= 0.6 is 0 Å². The predicted molar refractivity (Wildman–Crippen MR) is 104 cm³/mol. The highest BCUT2D eigenvalue weighted by molar-refractivity contribution is 5.83. The van der Waals surface area contributed by atoms with Crippen LogP contribution in [0.5, 0.6) is 0 Å². The monoisotopic (exact) mass is 384 g/mol. The molecule has 2 N–H and O–H groups in total. The summed E-state index contributed by atoms with van der Waals surface area (Å²) in [5, 5.41) is 4.67. The molecule has 3 aromatic rings. The molecule has 0 radical (unpaired) electrons. The summed E-state index contributed by atoms with van der Waals surface area (Å²) >= 11 is 0. The Labute approximate surface area is 162 Å². The fourth-order valence-electron chi connectivity index (χ4n) is 3.95. The quantitative estimate of drug-likeness (QED) is 0.708. The smallest absolute Gasteiger partial charge is 0.261 e. The van der Waals surface area contributed by atoms with Crippen LogP contribution in [0.1, 0.15) is 19.3 Å². The van der Waals surface area contributed by atoms with E-state index >= 15 is 0 Å². The number of rotatable bonds is 5. The Morgan fingerprint density at radius 1 is 1.21 bits per heavy atom. The zero-order valence-corrected chi connectivity index (χ0v) is 16.0. The van der Waals surface area contributed by atoms with E-state index in [-0.39, 0.29) is 23.7 Å². The summed E-state index contributed by atoms with van der Waals surface area (Å²) in [5.74, 6) is 1.10. The SMILES string of the molecule is COC1CCC(Cn2cnc3c(-n4ccc(N)n4)nccc3c2=O)C(OC)C1. The lowest BCUT2D eigenvalue weighted by molar-refractivity contribution is -0.0454. The lowest BCUT2D eigenvalue weighted by Crippen LogP contribution is -2.38. The molecule has 0 bridgehead atoms. The van der Waals surface area contributed by atoms with Crippen molar-refractivity contribution in [2.24, 2.45) is 5.92 Å². The molecule has 0 saturated heterocycles. The summed E-state index contributed by atoms with van der Waals surface area (Å²) in [7, 11) is 3.44. The van der Waals surface area contributed by atoms with E-state index in [2.05, 4.69) is 15.1 Å². The zero-order chi connectivity index (χ0) is 19.7. The number of methoxy groups -OCH3 is 2. The highest BCUT2D eigenvalue weighted by Gasteiger charge is 2.31. The lowest BCUT2D eigenvalue weighted by Gasteiger charge is -2.34. The number of ether oxygens (including phenoxy) is 2. The second kappa shape index (κ2) is 7.69. The maximum atomic E-state index is 13.1. The number of anilines is 1. The van der Waals surface area contributed by atoms with Crippen molar-refractivity contribution >= 4 is 16.7 Å². The third-order valence-electron chi connectivity index (χ3n) is 5.50. The Morgan fingerprint density at radius 2 is 2.07 bits per heavy atom. The Morgan fingerprint density at radius 3 is 2.79 bits per heavy atom. The number of hydrogen-bond donors (Lipinski definition) is 1. The zero-order valence-electron chi connectivity index (χ0n) is 16.0. The van der Waals surface area contributed by atoms with Gasteiger partial charge in [-0.3, -0.25) is 9.36 Å². The van der Waals surface area contributed by atoms with Gasteiger partial charge in [0, 0.05) is 51.6 Å². The first kappa shape index (κ1) is 18.6. The van der Waals surface area contributed by atoms with E-state index in [1.54, 1.807) is 49.6 Å². The van der Waals surface area contributed by atoms with Gasteiger partial charge in [0.2, 0.25) is 0 Å². The molecular weight excluding hydrogens is 360 g/mol. The molecule has 3 unspecified atom stereocenters. The van der Waals surface area contributed by atoms with Gasteiger partial charge >= 0.3 is 0 Å². The Balaban J connectivity index is 1.66. The Bertz CT molecular complexity index is 1030. The molecule has 4 rings (SSSR count). The van der Waals surface area contributed by atoms with E-state index in [9.17, 15) is 4.79 Å². The van der Waals surface area contributed by atoms with Gasteiger partial charge in [0.05, 0.1) is 23.9 Å². The van der Waals surface area contributed by atoms with E-state index in [0.717, 1.165) is 19.3 Å². The number of nitrogen functional groups attached to an aromatic ring is 1. The van der Waals surface area contributed by atoms with E-state index in [0.29, 0.717) is 29.1 Å². The summed E-state index contributed by atoms with van der Waals surface area (Å²) in [6, 6.07) is 3.36. The number of nitrogens with zero attached hydrogens (tertiary/aromatic N) is 5. The van der Waals surface area contributed by atoms with Gasteiger partial charge in [-0.05, 0) is 18.9 Å². The van der Waals surface area contributed by atoms with Crippen molar-refractivity contribution in [3.63, 3.8) is 0 Å². The average molecular weight is 384 g/mol. The summed E-state index contributed by atoms with van der Waals surface area (Å²) in [5.41, 5.74) is 6.10. The van der Waals surface area contributed by atoms with Crippen molar-refractivity contribution in [1.82, 2.24) is 24.3 Å².